The van der Waals surface area contributed by atoms with Crippen LogP contribution in [0.3, 0.4) is 0 Å². The van der Waals surface area contributed by atoms with Crippen LogP contribution < -0.4 is 0 Å². The van der Waals surface area contributed by atoms with Gasteiger partial charge in [0.05, 0.1) is 32.2 Å². The fourth-order valence-corrected chi connectivity index (χ4v) is 4.70. The largest absolute Gasteiger partial charge is 0.379 e. The molecule has 2 bridgehead atoms. The van der Waals surface area contributed by atoms with Gasteiger partial charge in [-0.15, -0.1) is 0 Å². The lowest BCUT2D eigenvalue weighted by molar-refractivity contribution is -0.134. The average Bonchev–Trinajstić information content (AvgIpc) is 3.02. The number of fused-ring (bicyclic) bond motifs is 3. The van der Waals surface area contributed by atoms with Gasteiger partial charge in [0, 0.05) is 44.2 Å². The molecule has 3 saturated heterocycles. The van der Waals surface area contributed by atoms with Gasteiger partial charge in [0.15, 0.2) is 11.6 Å². The van der Waals surface area contributed by atoms with Crippen LogP contribution >= 0.6 is 0 Å². The number of ether oxygens (including phenoxy) is 1. The number of benzene rings is 1. The van der Waals surface area contributed by atoms with Gasteiger partial charge in [-0.25, -0.2) is 8.78 Å². The van der Waals surface area contributed by atoms with Gasteiger partial charge in [-0.05, 0) is 25.3 Å². The molecule has 3 aliphatic heterocycles. The summed E-state index contributed by atoms with van der Waals surface area (Å²) < 4.78 is 33.3. The Labute approximate surface area is 175 Å². The van der Waals surface area contributed by atoms with E-state index >= 15 is 0 Å². The first-order valence-electron chi connectivity index (χ1n) is 10.8. The molecule has 0 aliphatic carbocycles. The van der Waals surface area contributed by atoms with Crippen LogP contribution in [0.1, 0.15) is 24.8 Å². The van der Waals surface area contributed by atoms with E-state index in [1.165, 1.54) is 18.6 Å². The van der Waals surface area contributed by atoms with Crippen molar-refractivity contribution in [3.05, 3.63) is 35.4 Å². The van der Waals surface area contributed by atoms with Crippen LogP contribution in [0, 0.1) is 17.6 Å². The van der Waals surface area contributed by atoms with Gasteiger partial charge in [-0.3, -0.25) is 14.5 Å². The molecule has 0 N–H and O–H groups in total. The second-order valence-electron chi connectivity index (χ2n) is 8.62. The van der Waals surface area contributed by atoms with Crippen molar-refractivity contribution in [2.45, 2.75) is 31.7 Å². The second kappa shape index (κ2) is 9.39. The quantitative estimate of drug-likeness (QED) is 0.743. The molecule has 8 heteroatoms. The molecule has 3 aliphatic rings. The third-order valence-corrected chi connectivity index (χ3v) is 6.36. The Morgan fingerprint density at radius 3 is 2.57 bits per heavy atom. The highest BCUT2D eigenvalue weighted by atomic mass is 19.2. The summed E-state index contributed by atoms with van der Waals surface area (Å²) >= 11 is 0. The summed E-state index contributed by atoms with van der Waals surface area (Å²) in [4.78, 5) is 31.5. The van der Waals surface area contributed by atoms with Gasteiger partial charge in [0.25, 0.3) is 0 Å². The van der Waals surface area contributed by atoms with E-state index in [9.17, 15) is 18.4 Å². The summed E-state index contributed by atoms with van der Waals surface area (Å²) in [5.74, 6) is -1.89. The van der Waals surface area contributed by atoms with Crippen molar-refractivity contribution in [1.29, 1.82) is 0 Å². The molecule has 0 saturated carbocycles. The SMILES string of the molecule is O=C(CN1C[C@H]2COC[C@@H]1CN(C(=O)Cc1cccc(F)c1F)C2)N1CCCCC1. The smallest absolute Gasteiger partial charge is 0.236 e. The van der Waals surface area contributed by atoms with Crippen molar-refractivity contribution in [2.75, 3.05) is 52.5 Å². The molecule has 3 heterocycles. The minimum absolute atomic E-state index is 0.0720. The Balaban J connectivity index is 1.42. The van der Waals surface area contributed by atoms with Crippen molar-refractivity contribution in [3.63, 3.8) is 0 Å². The number of carbonyl (C=O) groups is 2. The van der Waals surface area contributed by atoms with Crippen LogP contribution in [0.25, 0.3) is 0 Å². The second-order valence-corrected chi connectivity index (χ2v) is 8.62. The van der Waals surface area contributed by atoms with E-state index in [1.807, 2.05) is 4.90 Å². The predicted molar refractivity (Wildman–Crippen MR) is 107 cm³/mol. The van der Waals surface area contributed by atoms with Crippen LogP contribution in [-0.4, -0.2) is 85.0 Å². The first-order chi connectivity index (χ1) is 14.5. The zero-order chi connectivity index (χ0) is 21.1. The molecular weight excluding hydrogens is 392 g/mol. The maximum absolute atomic E-state index is 14.0. The Kier molecular flexibility index (Phi) is 6.63. The third kappa shape index (κ3) is 4.81. The lowest BCUT2D eigenvalue weighted by Crippen LogP contribution is -2.50. The van der Waals surface area contributed by atoms with Gasteiger partial charge in [-0.1, -0.05) is 12.1 Å². The third-order valence-electron chi connectivity index (χ3n) is 6.36. The first kappa shape index (κ1) is 21.2. The van der Waals surface area contributed by atoms with E-state index in [0.29, 0.717) is 39.4 Å². The number of likely N-dealkylation sites (tertiary alicyclic amines) is 1. The van der Waals surface area contributed by atoms with Gasteiger partial charge < -0.3 is 14.5 Å². The van der Waals surface area contributed by atoms with Crippen LogP contribution in [0.5, 0.6) is 0 Å². The molecule has 0 radical (unpaired) electrons. The molecule has 4 rings (SSSR count). The number of nitrogens with zero attached hydrogens (tertiary/aromatic N) is 3. The molecule has 0 spiro atoms. The first-order valence-corrected chi connectivity index (χ1v) is 10.8. The van der Waals surface area contributed by atoms with Crippen molar-refractivity contribution >= 4 is 11.8 Å². The minimum Gasteiger partial charge on any atom is -0.379 e. The summed E-state index contributed by atoms with van der Waals surface area (Å²) in [7, 11) is 0. The van der Waals surface area contributed by atoms with E-state index in [-0.39, 0.29) is 35.8 Å². The van der Waals surface area contributed by atoms with Crippen LogP contribution in [-0.2, 0) is 20.7 Å². The summed E-state index contributed by atoms with van der Waals surface area (Å²) in [6, 6.07) is 3.84. The normalized spacial score (nSPS) is 25.1. The van der Waals surface area contributed by atoms with E-state index in [0.717, 1.165) is 32.0 Å². The van der Waals surface area contributed by atoms with Crippen molar-refractivity contribution in [1.82, 2.24) is 14.7 Å². The molecule has 30 heavy (non-hydrogen) atoms. The minimum atomic E-state index is -0.960. The number of piperidine rings is 1. The van der Waals surface area contributed by atoms with Crippen LogP contribution in [0.2, 0.25) is 0 Å². The summed E-state index contributed by atoms with van der Waals surface area (Å²) in [5, 5.41) is 0. The van der Waals surface area contributed by atoms with E-state index < -0.39 is 11.6 Å². The molecule has 2 amide bonds. The monoisotopic (exact) mass is 421 g/mol. The molecule has 3 fully saturated rings. The fraction of sp³-hybridized carbons (Fsp3) is 0.636. The van der Waals surface area contributed by atoms with E-state index in [1.54, 1.807) is 4.90 Å². The summed E-state index contributed by atoms with van der Waals surface area (Å²) in [6.07, 6.45) is 3.12. The Morgan fingerprint density at radius 2 is 1.77 bits per heavy atom. The predicted octanol–water partition coefficient (Wildman–Crippen LogP) is 1.68. The highest BCUT2D eigenvalue weighted by Crippen LogP contribution is 2.22. The fourth-order valence-electron chi connectivity index (χ4n) is 4.70. The van der Waals surface area contributed by atoms with Gasteiger partial charge in [0.1, 0.15) is 0 Å². The summed E-state index contributed by atoms with van der Waals surface area (Å²) in [6.45, 7) is 4.60. The molecule has 6 nitrogen and oxygen atoms in total. The number of hydrogen-bond acceptors (Lipinski definition) is 4. The molecule has 164 valence electrons. The molecule has 1 aromatic carbocycles. The maximum Gasteiger partial charge on any atom is 0.236 e. The average molecular weight is 421 g/mol. The zero-order valence-corrected chi connectivity index (χ0v) is 17.2. The summed E-state index contributed by atoms with van der Waals surface area (Å²) in [5.41, 5.74) is 0.0720. The number of amides is 2. The highest BCUT2D eigenvalue weighted by Gasteiger charge is 2.36. The maximum atomic E-state index is 14.0. The number of carbonyl (C=O) groups excluding carboxylic acids is 2. The number of rotatable bonds is 4. The van der Waals surface area contributed by atoms with E-state index in [4.69, 9.17) is 4.74 Å². The van der Waals surface area contributed by atoms with Crippen LogP contribution in [0.15, 0.2) is 18.2 Å². The lowest BCUT2D eigenvalue weighted by Gasteiger charge is -2.33. The van der Waals surface area contributed by atoms with Gasteiger partial charge in [0.2, 0.25) is 11.8 Å². The molecule has 2 atom stereocenters. The van der Waals surface area contributed by atoms with Gasteiger partial charge >= 0.3 is 0 Å². The molecule has 1 aromatic rings. The van der Waals surface area contributed by atoms with Crippen molar-refractivity contribution in [2.24, 2.45) is 5.92 Å². The number of halogens is 2. The molecule has 0 unspecified atom stereocenters. The van der Waals surface area contributed by atoms with Gasteiger partial charge in [-0.2, -0.15) is 0 Å². The highest BCUT2D eigenvalue weighted by molar-refractivity contribution is 5.79. The standard InChI is InChI=1S/C22H29F2N3O3/c23-19-6-4-5-17(22(19)24)9-20(28)27-11-16-10-26(18(12-27)15-30-14-16)13-21(29)25-7-2-1-3-8-25/h4-6,16,18H,1-3,7-15H2/t16-,18+/m1/s1. The van der Waals surface area contributed by atoms with Crippen LogP contribution in [0.4, 0.5) is 8.78 Å². The number of hydrogen-bond donors (Lipinski definition) is 0. The zero-order valence-electron chi connectivity index (χ0n) is 17.2. The lowest BCUT2D eigenvalue weighted by atomic mass is 10.1. The Hall–Kier alpha value is -2.06. The Morgan fingerprint density at radius 1 is 0.967 bits per heavy atom. The molecule has 0 aromatic heterocycles. The topological polar surface area (TPSA) is 53.1 Å². The van der Waals surface area contributed by atoms with Crippen molar-refractivity contribution in [3.8, 4) is 0 Å². The Bertz CT molecular complexity index is 785. The van der Waals surface area contributed by atoms with E-state index in [2.05, 4.69) is 4.90 Å². The van der Waals surface area contributed by atoms with Crippen molar-refractivity contribution < 1.29 is 23.1 Å². The molecular formula is C22H29F2N3O3.